The van der Waals surface area contributed by atoms with Gasteiger partial charge in [0.1, 0.15) is 23.5 Å². The van der Waals surface area contributed by atoms with Gasteiger partial charge in [-0.25, -0.2) is 9.18 Å². The number of carbonyl (C=O) groups is 3. The molecule has 1 heterocycles. The Balaban J connectivity index is 1.76. The van der Waals surface area contributed by atoms with Crippen LogP contribution in [0.25, 0.3) is 10.4 Å². The number of benzene rings is 1. The summed E-state index contributed by atoms with van der Waals surface area (Å²) in [6.07, 6.45) is 1.51. The summed E-state index contributed by atoms with van der Waals surface area (Å²) < 4.78 is 19.8. The molecule has 1 aromatic carbocycles. The van der Waals surface area contributed by atoms with Crippen molar-refractivity contribution in [2.75, 3.05) is 0 Å². The van der Waals surface area contributed by atoms with Crippen LogP contribution in [0.4, 0.5) is 14.9 Å². The zero-order valence-corrected chi connectivity index (χ0v) is 18.2. The minimum Gasteiger partial charge on any atom is -0.444 e. The van der Waals surface area contributed by atoms with Gasteiger partial charge in [0.25, 0.3) is 0 Å². The second kappa shape index (κ2) is 9.04. The van der Waals surface area contributed by atoms with Crippen LogP contribution in [0.15, 0.2) is 23.3 Å². The number of primary amides is 1. The van der Waals surface area contributed by atoms with Gasteiger partial charge in [0.2, 0.25) is 11.8 Å². The van der Waals surface area contributed by atoms with Gasteiger partial charge in [0.15, 0.2) is 0 Å². The largest absolute Gasteiger partial charge is 0.444 e. The predicted octanol–water partition coefficient (Wildman–Crippen LogP) is 3.07. The summed E-state index contributed by atoms with van der Waals surface area (Å²) in [5.41, 5.74) is 13.4. The zero-order valence-electron chi connectivity index (χ0n) is 18.2. The summed E-state index contributed by atoms with van der Waals surface area (Å²) in [5.74, 6) is -2.08. The number of carbonyl (C=O) groups excluding carboxylic acids is 3. The van der Waals surface area contributed by atoms with Gasteiger partial charge in [-0.2, -0.15) is 0 Å². The topological polar surface area (TPSA) is 150 Å². The Morgan fingerprint density at radius 3 is 2.69 bits per heavy atom. The van der Waals surface area contributed by atoms with E-state index < -0.39 is 41.4 Å². The number of rotatable bonds is 6. The SMILES string of the molecule is CC(C)(C)OC(=O)N1[C@@H]2CC[C@@H](C2)[C@H]1C(=O)N[C@@H](Cc1ccc(N=[N+]=[N-])cc1F)C(N)=O. The molecule has 4 atom stereocenters. The summed E-state index contributed by atoms with van der Waals surface area (Å²) in [6.45, 7) is 5.25. The van der Waals surface area contributed by atoms with E-state index in [0.717, 1.165) is 18.9 Å². The molecule has 2 fully saturated rings. The minimum atomic E-state index is -1.18. The van der Waals surface area contributed by atoms with E-state index in [1.807, 2.05) is 0 Å². The average Bonchev–Trinajstić information content (AvgIpc) is 3.29. The number of hydrogen-bond donors (Lipinski definition) is 2. The Labute approximate surface area is 184 Å². The second-order valence-electron chi connectivity index (χ2n) is 9.19. The summed E-state index contributed by atoms with van der Waals surface area (Å²) in [6, 6.07) is 1.76. The molecule has 172 valence electrons. The van der Waals surface area contributed by atoms with Crippen LogP contribution in [0.1, 0.15) is 45.6 Å². The molecule has 1 saturated carbocycles. The Kier molecular flexibility index (Phi) is 6.59. The maximum absolute atomic E-state index is 14.4. The monoisotopic (exact) mass is 446 g/mol. The molecule has 0 radical (unpaired) electrons. The van der Waals surface area contributed by atoms with Crippen LogP contribution in [-0.2, 0) is 20.7 Å². The van der Waals surface area contributed by atoms with Crippen molar-refractivity contribution in [1.82, 2.24) is 10.2 Å². The number of halogens is 1. The Hall–Kier alpha value is -3.33. The molecular weight excluding hydrogens is 419 g/mol. The highest BCUT2D eigenvalue weighted by molar-refractivity contribution is 5.91. The summed E-state index contributed by atoms with van der Waals surface area (Å²) in [4.78, 5) is 41.9. The highest BCUT2D eigenvalue weighted by atomic mass is 19.1. The molecule has 3 rings (SSSR count). The number of fused-ring (bicyclic) bond motifs is 2. The fraction of sp³-hybridized carbons (Fsp3) is 0.571. The number of nitrogens with two attached hydrogens (primary N) is 1. The van der Waals surface area contributed by atoms with Crippen LogP contribution >= 0.6 is 0 Å². The first-order valence-corrected chi connectivity index (χ1v) is 10.4. The van der Waals surface area contributed by atoms with Crippen molar-refractivity contribution in [3.8, 4) is 0 Å². The average molecular weight is 446 g/mol. The summed E-state index contributed by atoms with van der Waals surface area (Å²) in [7, 11) is 0. The lowest BCUT2D eigenvalue weighted by Crippen LogP contribution is -2.57. The van der Waals surface area contributed by atoms with Gasteiger partial charge in [-0.15, -0.1) is 0 Å². The molecule has 11 heteroatoms. The lowest BCUT2D eigenvalue weighted by Gasteiger charge is -2.36. The van der Waals surface area contributed by atoms with Gasteiger partial charge in [-0.05, 0) is 63.1 Å². The highest BCUT2D eigenvalue weighted by Gasteiger charge is 2.52. The minimum absolute atomic E-state index is 0.0408. The molecular formula is C21H27FN6O4. The van der Waals surface area contributed by atoms with Crippen LogP contribution in [0.2, 0.25) is 0 Å². The molecule has 1 aliphatic carbocycles. The van der Waals surface area contributed by atoms with Crippen molar-refractivity contribution >= 4 is 23.6 Å². The maximum atomic E-state index is 14.4. The van der Waals surface area contributed by atoms with Crippen molar-refractivity contribution in [1.29, 1.82) is 0 Å². The fourth-order valence-corrected chi connectivity index (χ4v) is 4.42. The maximum Gasteiger partial charge on any atom is 0.411 e. The summed E-state index contributed by atoms with van der Waals surface area (Å²) in [5, 5.41) is 5.92. The van der Waals surface area contributed by atoms with Gasteiger partial charge < -0.3 is 15.8 Å². The quantitative estimate of drug-likeness (QED) is 0.392. The third kappa shape index (κ3) is 5.11. The summed E-state index contributed by atoms with van der Waals surface area (Å²) >= 11 is 0. The van der Waals surface area contributed by atoms with E-state index in [1.165, 1.54) is 17.0 Å². The molecule has 1 aliphatic heterocycles. The molecule has 1 aromatic rings. The number of amides is 3. The van der Waals surface area contributed by atoms with E-state index in [1.54, 1.807) is 20.8 Å². The molecule has 0 unspecified atom stereocenters. The molecule has 0 spiro atoms. The predicted molar refractivity (Wildman–Crippen MR) is 113 cm³/mol. The Bertz CT molecular complexity index is 972. The van der Waals surface area contributed by atoms with Gasteiger partial charge in [0, 0.05) is 23.1 Å². The first kappa shape index (κ1) is 23.3. The standard InChI is InChI=1S/C21H27FN6O4/c1-21(2,3)32-20(31)28-14-7-5-12(8-14)17(28)19(30)25-16(18(23)29)9-11-4-6-13(26-27-24)10-15(11)22/h4,6,10,12,14,16-17H,5,7-9H2,1-3H3,(H2,23,29)(H,25,30)/t12-,14+,16-,17-/m0/s1. The number of azide groups is 1. The molecule has 32 heavy (non-hydrogen) atoms. The zero-order chi connectivity index (χ0) is 23.6. The van der Waals surface area contributed by atoms with Crippen molar-refractivity contribution in [2.24, 2.45) is 16.8 Å². The van der Waals surface area contributed by atoms with E-state index in [-0.39, 0.29) is 29.6 Å². The van der Waals surface area contributed by atoms with Crippen molar-refractivity contribution in [2.45, 2.75) is 70.2 Å². The first-order valence-electron chi connectivity index (χ1n) is 10.4. The second-order valence-corrected chi connectivity index (χ2v) is 9.19. The fourth-order valence-electron chi connectivity index (χ4n) is 4.42. The lowest BCUT2D eigenvalue weighted by atomic mass is 9.97. The molecule has 2 aliphatic rings. The van der Waals surface area contributed by atoms with Crippen molar-refractivity contribution in [3.05, 3.63) is 40.0 Å². The van der Waals surface area contributed by atoms with Crippen LogP contribution < -0.4 is 11.1 Å². The molecule has 2 bridgehead atoms. The van der Waals surface area contributed by atoms with E-state index in [0.29, 0.717) is 6.42 Å². The van der Waals surface area contributed by atoms with Gasteiger partial charge in [0.05, 0.1) is 0 Å². The number of likely N-dealkylation sites (tertiary alicyclic amines) is 1. The Morgan fingerprint density at radius 2 is 2.09 bits per heavy atom. The number of nitrogens with zero attached hydrogens (tertiary/aromatic N) is 4. The van der Waals surface area contributed by atoms with E-state index in [2.05, 4.69) is 15.3 Å². The third-order valence-electron chi connectivity index (χ3n) is 5.74. The van der Waals surface area contributed by atoms with Gasteiger partial charge >= 0.3 is 6.09 Å². The molecule has 3 amide bonds. The van der Waals surface area contributed by atoms with E-state index in [9.17, 15) is 18.8 Å². The van der Waals surface area contributed by atoms with Crippen LogP contribution in [0, 0.1) is 11.7 Å². The molecule has 10 nitrogen and oxygen atoms in total. The number of nitrogens with one attached hydrogen (secondary N) is 1. The van der Waals surface area contributed by atoms with Gasteiger partial charge in [-0.3, -0.25) is 14.5 Å². The third-order valence-corrected chi connectivity index (χ3v) is 5.74. The van der Waals surface area contributed by atoms with Gasteiger partial charge in [-0.1, -0.05) is 17.2 Å². The normalized spacial score (nSPS) is 22.8. The number of hydrogen-bond acceptors (Lipinski definition) is 5. The lowest BCUT2D eigenvalue weighted by molar-refractivity contribution is -0.132. The van der Waals surface area contributed by atoms with Crippen molar-refractivity contribution < 1.29 is 23.5 Å². The van der Waals surface area contributed by atoms with E-state index >= 15 is 0 Å². The van der Waals surface area contributed by atoms with Crippen LogP contribution in [0.5, 0.6) is 0 Å². The molecule has 0 aromatic heterocycles. The van der Waals surface area contributed by atoms with E-state index in [4.69, 9.17) is 16.0 Å². The smallest absolute Gasteiger partial charge is 0.411 e. The Morgan fingerprint density at radius 1 is 1.38 bits per heavy atom. The highest BCUT2D eigenvalue weighted by Crippen LogP contribution is 2.43. The van der Waals surface area contributed by atoms with Crippen LogP contribution in [0.3, 0.4) is 0 Å². The first-order chi connectivity index (χ1) is 15.0. The molecule has 1 saturated heterocycles. The van der Waals surface area contributed by atoms with Crippen LogP contribution in [-0.4, -0.2) is 46.5 Å². The number of ether oxygens (including phenoxy) is 1. The number of piperidine rings is 1. The molecule has 3 N–H and O–H groups in total. The van der Waals surface area contributed by atoms with Crippen molar-refractivity contribution in [3.63, 3.8) is 0 Å².